The predicted molar refractivity (Wildman–Crippen MR) is 91.4 cm³/mol. The van der Waals surface area contributed by atoms with Crippen molar-refractivity contribution in [2.75, 3.05) is 26.1 Å². The monoisotopic (exact) mass is 378 g/mol. The fourth-order valence-electron chi connectivity index (χ4n) is 3.15. The molecule has 0 fully saturated rings. The molecule has 26 heavy (non-hydrogen) atoms. The van der Waals surface area contributed by atoms with Crippen molar-refractivity contribution in [3.63, 3.8) is 0 Å². The largest absolute Gasteiger partial charge is 0.454 e. The Balaban J connectivity index is 1.56. The summed E-state index contributed by atoms with van der Waals surface area (Å²) in [4.78, 5) is 14.6. The van der Waals surface area contributed by atoms with Crippen molar-refractivity contribution in [1.29, 1.82) is 0 Å². The number of fused-ring (bicyclic) bond motifs is 2. The summed E-state index contributed by atoms with van der Waals surface area (Å²) in [6.45, 7) is 1.07. The van der Waals surface area contributed by atoms with Gasteiger partial charge in [-0.2, -0.15) is 5.10 Å². The molecule has 0 saturated heterocycles. The van der Waals surface area contributed by atoms with Gasteiger partial charge in [-0.15, -0.1) is 0 Å². The summed E-state index contributed by atoms with van der Waals surface area (Å²) in [5, 5.41) is 4.26. The van der Waals surface area contributed by atoms with E-state index in [2.05, 4.69) is 9.82 Å². The molecule has 9 nitrogen and oxygen atoms in total. The van der Waals surface area contributed by atoms with Gasteiger partial charge >= 0.3 is 0 Å². The number of amides is 1. The van der Waals surface area contributed by atoms with Crippen LogP contribution in [0.15, 0.2) is 30.5 Å². The molecule has 138 valence electrons. The van der Waals surface area contributed by atoms with E-state index in [-0.39, 0.29) is 25.3 Å². The van der Waals surface area contributed by atoms with Gasteiger partial charge < -0.3 is 14.4 Å². The van der Waals surface area contributed by atoms with Crippen LogP contribution in [-0.2, 0) is 16.6 Å². The van der Waals surface area contributed by atoms with Crippen molar-refractivity contribution in [2.45, 2.75) is 12.6 Å². The average molecular weight is 378 g/mol. The molecular weight excluding hydrogens is 360 g/mol. The van der Waals surface area contributed by atoms with Crippen molar-refractivity contribution < 1.29 is 22.7 Å². The topological polar surface area (TPSA) is 103 Å². The van der Waals surface area contributed by atoms with Crippen LogP contribution in [0.5, 0.6) is 11.5 Å². The third-order valence-electron chi connectivity index (χ3n) is 4.37. The quantitative estimate of drug-likeness (QED) is 0.824. The maximum absolute atomic E-state index is 12.9. The summed E-state index contributed by atoms with van der Waals surface area (Å²) >= 11 is 0. The Labute approximate surface area is 150 Å². The van der Waals surface area contributed by atoms with Gasteiger partial charge in [-0.05, 0) is 24.3 Å². The Hall–Kier alpha value is -2.59. The predicted octanol–water partition coefficient (Wildman–Crippen LogP) is 0.358. The maximum atomic E-state index is 12.9. The van der Waals surface area contributed by atoms with Gasteiger partial charge in [0.2, 0.25) is 16.8 Å². The highest BCUT2D eigenvalue weighted by Gasteiger charge is 2.30. The molecule has 1 aromatic carbocycles. The number of rotatable bonds is 4. The lowest BCUT2D eigenvalue weighted by Gasteiger charge is -2.34. The zero-order chi connectivity index (χ0) is 18.3. The number of carbonyl (C=O) groups excluding carboxylic acids is 1. The van der Waals surface area contributed by atoms with Crippen molar-refractivity contribution >= 4 is 15.9 Å². The summed E-state index contributed by atoms with van der Waals surface area (Å²) in [6.07, 6.45) is 2.76. The molecule has 0 saturated carbocycles. The highest BCUT2D eigenvalue weighted by Crippen LogP contribution is 2.33. The van der Waals surface area contributed by atoms with Crippen LogP contribution in [0, 0.1) is 0 Å². The maximum Gasteiger partial charge on any atom is 0.254 e. The number of hydrogen-bond donors (Lipinski definition) is 1. The number of hydrogen-bond acceptors (Lipinski definition) is 6. The second-order valence-corrected chi connectivity index (χ2v) is 8.13. The average Bonchev–Trinajstić information content (AvgIpc) is 3.26. The lowest BCUT2D eigenvalue weighted by atomic mass is 10.1. The van der Waals surface area contributed by atoms with Gasteiger partial charge in [0, 0.05) is 24.8 Å². The molecule has 10 heteroatoms. The molecule has 0 radical (unpaired) electrons. The second kappa shape index (κ2) is 6.29. The molecule has 0 bridgehead atoms. The van der Waals surface area contributed by atoms with Gasteiger partial charge in [-0.1, -0.05) is 0 Å². The standard InChI is InChI=1S/C16H18N4O5S/c1-26(22,23)18-7-13-9-19(8-12-4-5-17-20(12)13)16(21)11-2-3-14-15(6-11)25-10-24-14/h2-6,13,18H,7-10H2,1H3/t13-/m0/s1. The third kappa shape index (κ3) is 3.25. The number of aromatic nitrogens is 2. The molecule has 1 aromatic heterocycles. The van der Waals surface area contributed by atoms with E-state index in [9.17, 15) is 13.2 Å². The molecule has 0 spiro atoms. The van der Waals surface area contributed by atoms with Gasteiger partial charge in [0.1, 0.15) is 0 Å². The zero-order valence-corrected chi connectivity index (χ0v) is 14.9. The molecule has 2 aromatic rings. The van der Waals surface area contributed by atoms with Crippen LogP contribution < -0.4 is 14.2 Å². The van der Waals surface area contributed by atoms with Gasteiger partial charge in [0.15, 0.2) is 11.5 Å². The van der Waals surface area contributed by atoms with Crippen LogP contribution in [0.1, 0.15) is 22.1 Å². The highest BCUT2D eigenvalue weighted by atomic mass is 32.2. The summed E-state index contributed by atoms with van der Waals surface area (Å²) in [7, 11) is -3.33. The van der Waals surface area contributed by atoms with Crippen LogP contribution in [-0.4, -0.2) is 55.1 Å². The first-order chi connectivity index (χ1) is 12.4. The van der Waals surface area contributed by atoms with Gasteiger partial charge in [0.25, 0.3) is 5.91 Å². The Morgan fingerprint density at radius 3 is 2.92 bits per heavy atom. The SMILES string of the molecule is CS(=O)(=O)NC[C@H]1CN(C(=O)c2ccc3c(c2)OCO3)Cc2ccnn21. The van der Waals surface area contributed by atoms with Crippen LogP contribution in [0.25, 0.3) is 0 Å². The lowest BCUT2D eigenvalue weighted by molar-refractivity contribution is 0.0671. The Morgan fingerprint density at radius 2 is 2.12 bits per heavy atom. The van der Waals surface area contributed by atoms with E-state index in [1.807, 2.05) is 6.07 Å². The number of nitrogens with zero attached hydrogens (tertiary/aromatic N) is 3. The summed E-state index contributed by atoms with van der Waals surface area (Å²) in [5.41, 5.74) is 1.35. The second-order valence-electron chi connectivity index (χ2n) is 6.30. The number of ether oxygens (including phenoxy) is 2. The minimum Gasteiger partial charge on any atom is -0.454 e. The molecule has 4 rings (SSSR count). The van der Waals surface area contributed by atoms with Crippen molar-refractivity contribution in [3.05, 3.63) is 41.7 Å². The number of sulfonamides is 1. The molecule has 1 atom stereocenters. The first kappa shape index (κ1) is 16.9. The number of carbonyl (C=O) groups is 1. The van der Waals surface area contributed by atoms with Crippen molar-refractivity contribution in [1.82, 2.24) is 19.4 Å². The van der Waals surface area contributed by atoms with E-state index in [0.29, 0.717) is 30.2 Å². The van der Waals surface area contributed by atoms with E-state index in [1.54, 1.807) is 34.0 Å². The van der Waals surface area contributed by atoms with Gasteiger partial charge in [0.05, 0.1) is 24.5 Å². The highest BCUT2D eigenvalue weighted by molar-refractivity contribution is 7.88. The molecular formula is C16H18N4O5S. The van der Waals surface area contributed by atoms with E-state index in [4.69, 9.17) is 9.47 Å². The van der Waals surface area contributed by atoms with Crippen LogP contribution in [0.2, 0.25) is 0 Å². The Kier molecular flexibility index (Phi) is 4.08. The molecule has 3 heterocycles. The van der Waals surface area contributed by atoms with Crippen LogP contribution >= 0.6 is 0 Å². The fraction of sp³-hybridized carbons (Fsp3) is 0.375. The van der Waals surface area contributed by atoms with Crippen molar-refractivity contribution in [3.8, 4) is 11.5 Å². The Bertz CT molecular complexity index is 955. The van der Waals surface area contributed by atoms with Crippen LogP contribution in [0.3, 0.4) is 0 Å². The third-order valence-corrected chi connectivity index (χ3v) is 5.06. The molecule has 0 unspecified atom stereocenters. The minimum atomic E-state index is -3.33. The summed E-state index contributed by atoms with van der Waals surface area (Å²) in [6, 6.07) is 6.63. The molecule has 0 aliphatic carbocycles. The zero-order valence-electron chi connectivity index (χ0n) is 14.1. The smallest absolute Gasteiger partial charge is 0.254 e. The van der Waals surface area contributed by atoms with E-state index in [1.165, 1.54) is 0 Å². The van der Waals surface area contributed by atoms with Gasteiger partial charge in [-0.3, -0.25) is 9.48 Å². The first-order valence-electron chi connectivity index (χ1n) is 8.07. The summed E-state index contributed by atoms with van der Waals surface area (Å²) < 4.78 is 37.7. The molecule has 2 aliphatic rings. The molecule has 1 amide bonds. The molecule has 1 N–H and O–H groups in total. The number of nitrogens with one attached hydrogen (secondary N) is 1. The Morgan fingerprint density at radius 1 is 1.31 bits per heavy atom. The first-order valence-corrected chi connectivity index (χ1v) is 9.96. The van der Waals surface area contributed by atoms with E-state index in [0.717, 1.165) is 11.9 Å². The fourth-order valence-corrected chi connectivity index (χ4v) is 3.65. The van der Waals surface area contributed by atoms with Crippen molar-refractivity contribution in [2.24, 2.45) is 0 Å². The number of benzene rings is 1. The summed E-state index contributed by atoms with van der Waals surface area (Å²) in [5.74, 6) is 1.02. The van der Waals surface area contributed by atoms with E-state index < -0.39 is 10.0 Å². The van der Waals surface area contributed by atoms with Gasteiger partial charge in [-0.25, -0.2) is 13.1 Å². The lowest BCUT2D eigenvalue weighted by Crippen LogP contribution is -2.45. The normalized spacial score (nSPS) is 18.7. The van der Waals surface area contributed by atoms with Crippen LogP contribution in [0.4, 0.5) is 0 Å². The minimum absolute atomic E-state index is 0.148. The molecule has 2 aliphatic heterocycles. The van der Waals surface area contributed by atoms with E-state index >= 15 is 0 Å².